The summed E-state index contributed by atoms with van der Waals surface area (Å²) in [6.45, 7) is 3.79. The van der Waals surface area contributed by atoms with Crippen LogP contribution in [-0.2, 0) is 9.47 Å². The number of hydrogen-bond acceptors (Lipinski definition) is 2. The van der Waals surface area contributed by atoms with Crippen molar-refractivity contribution in [3.8, 4) is 0 Å². The third kappa shape index (κ3) is 6.19. The summed E-state index contributed by atoms with van der Waals surface area (Å²) in [4.78, 5) is 0. The fourth-order valence-corrected chi connectivity index (χ4v) is 5.43. The summed E-state index contributed by atoms with van der Waals surface area (Å²) < 4.78 is 62.8. The molecule has 0 bridgehead atoms. The molecule has 162 valence electrons. The number of allylic oxidation sites excluding steroid dienone is 2. The predicted octanol–water partition coefficient (Wildman–Crippen LogP) is 6.80. The summed E-state index contributed by atoms with van der Waals surface area (Å²) in [6.07, 6.45) is 4.74. The number of alkyl halides is 3. The van der Waals surface area contributed by atoms with Crippen LogP contribution < -0.4 is 0 Å². The van der Waals surface area contributed by atoms with Crippen LogP contribution in [0.5, 0.6) is 0 Å². The Kier molecular flexibility index (Phi) is 7.82. The second-order valence-electron chi connectivity index (χ2n) is 9.05. The van der Waals surface area contributed by atoms with Gasteiger partial charge in [-0.25, -0.2) is 4.39 Å². The normalized spacial score (nSPS) is 38.4. The summed E-state index contributed by atoms with van der Waals surface area (Å²) in [5.41, 5.74) is 0. The second-order valence-corrected chi connectivity index (χ2v) is 9.05. The Morgan fingerprint density at radius 1 is 0.857 bits per heavy atom. The molecule has 1 saturated heterocycles. The Bertz CT molecular complexity index is 495. The van der Waals surface area contributed by atoms with Gasteiger partial charge in [-0.1, -0.05) is 13.3 Å². The number of hydrogen-bond donors (Lipinski definition) is 0. The lowest BCUT2D eigenvalue weighted by atomic mass is 9.69. The third-order valence-corrected chi connectivity index (χ3v) is 7.02. The molecule has 0 radical (unpaired) electrons. The molecule has 3 fully saturated rings. The van der Waals surface area contributed by atoms with Crippen molar-refractivity contribution in [2.24, 2.45) is 29.6 Å². The van der Waals surface area contributed by atoms with Crippen molar-refractivity contribution < 1.29 is 27.0 Å². The first kappa shape index (κ1) is 22.1. The van der Waals surface area contributed by atoms with Crippen molar-refractivity contribution in [3.63, 3.8) is 0 Å². The number of ether oxygens (including phenoxy) is 2. The van der Waals surface area contributed by atoms with E-state index in [1.165, 1.54) is 0 Å². The molecule has 0 atom stereocenters. The van der Waals surface area contributed by atoms with Gasteiger partial charge in [0.25, 0.3) is 0 Å². The van der Waals surface area contributed by atoms with Crippen molar-refractivity contribution in [2.45, 2.75) is 83.6 Å². The summed E-state index contributed by atoms with van der Waals surface area (Å²) in [7, 11) is 0. The zero-order chi connectivity index (χ0) is 20.1. The van der Waals surface area contributed by atoms with Gasteiger partial charge in [0, 0.05) is 17.8 Å². The van der Waals surface area contributed by atoms with Gasteiger partial charge in [0.05, 0.1) is 19.3 Å². The highest BCUT2D eigenvalue weighted by molar-refractivity contribution is 5.03. The lowest BCUT2D eigenvalue weighted by Gasteiger charge is -2.41. The standard InChI is InChI=1S/C22H34F4O2/c1-2-3-15-13-27-21(28-14-15)19-10-6-17(7-11-19)16-4-8-18(9-5-16)20(23)12-22(24,25)26/h12,15-19,21H,2-11,13-14H2,1H3. The Balaban J connectivity index is 1.39. The molecule has 3 aliphatic rings. The van der Waals surface area contributed by atoms with Crippen LogP contribution in [0.3, 0.4) is 0 Å². The fraction of sp³-hybridized carbons (Fsp3) is 0.909. The van der Waals surface area contributed by atoms with E-state index < -0.39 is 17.9 Å². The highest BCUT2D eigenvalue weighted by Crippen LogP contribution is 2.44. The van der Waals surface area contributed by atoms with Crippen molar-refractivity contribution in [2.75, 3.05) is 13.2 Å². The van der Waals surface area contributed by atoms with Gasteiger partial charge in [-0.05, 0) is 69.6 Å². The fourth-order valence-electron chi connectivity index (χ4n) is 5.43. The monoisotopic (exact) mass is 406 g/mol. The SMILES string of the molecule is CCCC1COC(C2CCC(C3CCC(C(F)=CC(F)(F)F)CC3)CC2)OC1. The van der Waals surface area contributed by atoms with E-state index in [1.807, 2.05) is 0 Å². The largest absolute Gasteiger partial charge is 0.412 e. The van der Waals surface area contributed by atoms with Crippen molar-refractivity contribution >= 4 is 0 Å². The third-order valence-electron chi connectivity index (χ3n) is 7.02. The second kappa shape index (κ2) is 9.92. The molecule has 0 spiro atoms. The van der Waals surface area contributed by atoms with Gasteiger partial charge in [0.1, 0.15) is 5.83 Å². The van der Waals surface area contributed by atoms with E-state index in [1.54, 1.807) is 0 Å². The van der Waals surface area contributed by atoms with Crippen LogP contribution >= 0.6 is 0 Å². The van der Waals surface area contributed by atoms with Gasteiger partial charge in [-0.15, -0.1) is 0 Å². The molecule has 28 heavy (non-hydrogen) atoms. The van der Waals surface area contributed by atoms with E-state index in [9.17, 15) is 17.6 Å². The first-order chi connectivity index (χ1) is 13.4. The van der Waals surface area contributed by atoms with Crippen LogP contribution in [0.25, 0.3) is 0 Å². The van der Waals surface area contributed by atoms with E-state index in [4.69, 9.17) is 9.47 Å². The summed E-state index contributed by atoms with van der Waals surface area (Å²) in [6, 6.07) is 0. The van der Waals surface area contributed by atoms with Crippen molar-refractivity contribution in [3.05, 3.63) is 11.9 Å². The molecule has 2 nitrogen and oxygen atoms in total. The molecule has 0 N–H and O–H groups in total. The zero-order valence-corrected chi connectivity index (χ0v) is 16.9. The number of halogens is 4. The first-order valence-corrected chi connectivity index (χ1v) is 11.0. The summed E-state index contributed by atoms with van der Waals surface area (Å²) in [5, 5.41) is 0. The highest BCUT2D eigenvalue weighted by Gasteiger charge is 2.37. The lowest BCUT2D eigenvalue weighted by Crippen LogP contribution is -2.39. The van der Waals surface area contributed by atoms with Crippen LogP contribution in [0, 0.1) is 29.6 Å². The van der Waals surface area contributed by atoms with E-state index in [2.05, 4.69) is 6.92 Å². The quantitative estimate of drug-likeness (QED) is 0.467. The topological polar surface area (TPSA) is 18.5 Å². The minimum atomic E-state index is -4.56. The van der Waals surface area contributed by atoms with Crippen LogP contribution in [0.15, 0.2) is 11.9 Å². The van der Waals surface area contributed by atoms with E-state index >= 15 is 0 Å². The molecule has 1 heterocycles. The van der Waals surface area contributed by atoms with Crippen molar-refractivity contribution in [1.82, 2.24) is 0 Å². The van der Waals surface area contributed by atoms with Gasteiger partial charge in [0.2, 0.25) is 0 Å². The van der Waals surface area contributed by atoms with Crippen LogP contribution in [0.1, 0.15) is 71.1 Å². The molecule has 1 aliphatic heterocycles. The Morgan fingerprint density at radius 3 is 1.86 bits per heavy atom. The molecule has 2 saturated carbocycles. The van der Waals surface area contributed by atoms with Gasteiger partial charge in [-0.3, -0.25) is 0 Å². The highest BCUT2D eigenvalue weighted by atomic mass is 19.4. The molecule has 3 rings (SSSR count). The van der Waals surface area contributed by atoms with E-state index in [0.29, 0.717) is 36.5 Å². The van der Waals surface area contributed by atoms with E-state index in [0.717, 1.165) is 64.6 Å². The van der Waals surface area contributed by atoms with Crippen LogP contribution in [0.2, 0.25) is 0 Å². The van der Waals surface area contributed by atoms with Gasteiger partial charge in [-0.2, -0.15) is 13.2 Å². The Hall–Kier alpha value is -0.620. The Morgan fingerprint density at radius 2 is 1.36 bits per heavy atom. The number of rotatable bonds is 5. The molecule has 0 unspecified atom stereocenters. The molecular weight excluding hydrogens is 372 g/mol. The summed E-state index contributed by atoms with van der Waals surface area (Å²) in [5.74, 6) is 0.597. The molecule has 0 aromatic rings. The average molecular weight is 407 g/mol. The maximum Gasteiger partial charge on any atom is 0.412 e. The molecular formula is C22H34F4O2. The smallest absolute Gasteiger partial charge is 0.352 e. The molecule has 0 aromatic heterocycles. The zero-order valence-electron chi connectivity index (χ0n) is 16.9. The maximum atomic E-state index is 13.8. The minimum Gasteiger partial charge on any atom is -0.352 e. The molecule has 0 aromatic carbocycles. The van der Waals surface area contributed by atoms with Crippen molar-refractivity contribution in [1.29, 1.82) is 0 Å². The van der Waals surface area contributed by atoms with Gasteiger partial charge in [0.15, 0.2) is 6.29 Å². The first-order valence-electron chi connectivity index (χ1n) is 11.0. The van der Waals surface area contributed by atoms with E-state index in [-0.39, 0.29) is 12.4 Å². The van der Waals surface area contributed by atoms with Gasteiger partial charge < -0.3 is 9.47 Å². The van der Waals surface area contributed by atoms with Crippen LogP contribution in [-0.4, -0.2) is 25.7 Å². The van der Waals surface area contributed by atoms with Gasteiger partial charge >= 0.3 is 6.18 Å². The van der Waals surface area contributed by atoms with Crippen LogP contribution in [0.4, 0.5) is 17.6 Å². The maximum absolute atomic E-state index is 13.8. The molecule has 6 heteroatoms. The molecule has 0 amide bonds. The minimum absolute atomic E-state index is 0.0635. The lowest BCUT2D eigenvalue weighted by molar-refractivity contribution is -0.230. The average Bonchev–Trinajstić information content (AvgIpc) is 2.68. The predicted molar refractivity (Wildman–Crippen MR) is 100 cm³/mol. The molecule has 2 aliphatic carbocycles. The summed E-state index contributed by atoms with van der Waals surface area (Å²) >= 11 is 0. The Labute approximate surface area is 166 Å².